The van der Waals surface area contributed by atoms with Crippen LogP contribution in [0, 0.1) is 0 Å². The summed E-state index contributed by atoms with van der Waals surface area (Å²) in [5, 5.41) is 17.3. The zero-order valence-corrected chi connectivity index (χ0v) is 20.8. The van der Waals surface area contributed by atoms with Gasteiger partial charge in [-0.25, -0.2) is 9.97 Å². The van der Waals surface area contributed by atoms with Crippen LogP contribution >= 0.6 is 23.7 Å². The number of ether oxygens (including phenoxy) is 1. The third-order valence-corrected chi connectivity index (χ3v) is 7.29. The molecule has 0 radical (unpaired) electrons. The van der Waals surface area contributed by atoms with Crippen LogP contribution in [0.25, 0.3) is 11.0 Å². The van der Waals surface area contributed by atoms with Gasteiger partial charge in [0, 0.05) is 19.0 Å². The SMILES string of the molecule is Cl.c1cc(N2CCOCC2)ncc1Nc1cnc2ccc(Nc3nnc(C4CCCC4)s3)nc2c1. The number of halogens is 1. The van der Waals surface area contributed by atoms with Crippen molar-refractivity contribution in [1.29, 1.82) is 0 Å². The Morgan fingerprint density at radius 1 is 0.886 bits per heavy atom. The zero-order valence-electron chi connectivity index (χ0n) is 19.2. The summed E-state index contributed by atoms with van der Waals surface area (Å²) in [7, 11) is 0. The second-order valence-electron chi connectivity index (χ2n) is 8.64. The molecule has 1 aliphatic heterocycles. The summed E-state index contributed by atoms with van der Waals surface area (Å²) in [6, 6.07) is 9.95. The van der Waals surface area contributed by atoms with Gasteiger partial charge in [-0.3, -0.25) is 4.98 Å². The van der Waals surface area contributed by atoms with Crippen LogP contribution in [0.3, 0.4) is 0 Å². The Morgan fingerprint density at radius 3 is 2.51 bits per heavy atom. The number of nitrogens with zero attached hydrogens (tertiary/aromatic N) is 6. The van der Waals surface area contributed by atoms with Crippen molar-refractivity contribution < 1.29 is 4.74 Å². The van der Waals surface area contributed by atoms with Gasteiger partial charge in [-0.2, -0.15) is 0 Å². The molecule has 4 aromatic rings. The van der Waals surface area contributed by atoms with Gasteiger partial charge >= 0.3 is 0 Å². The number of rotatable bonds is 6. The highest BCUT2D eigenvalue weighted by molar-refractivity contribution is 7.15. The van der Waals surface area contributed by atoms with Crippen LogP contribution < -0.4 is 15.5 Å². The molecule has 9 nitrogen and oxygen atoms in total. The van der Waals surface area contributed by atoms with Gasteiger partial charge in [0.25, 0.3) is 0 Å². The molecule has 2 N–H and O–H groups in total. The van der Waals surface area contributed by atoms with Crippen LogP contribution in [0.4, 0.5) is 28.1 Å². The minimum absolute atomic E-state index is 0. The number of morpholine rings is 1. The third-order valence-electron chi connectivity index (χ3n) is 6.29. The van der Waals surface area contributed by atoms with E-state index in [9.17, 15) is 0 Å². The molecule has 0 atom stereocenters. The number of pyridine rings is 3. The number of hydrogen-bond donors (Lipinski definition) is 2. The van der Waals surface area contributed by atoms with Crippen LogP contribution in [-0.4, -0.2) is 51.5 Å². The minimum Gasteiger partial charge on any atom is -0.378 e. The second kappa shape index (κ2) is 10.7. The standard InChI is InChI=1S/C24H26N8OS.ClH/c1-2-4-16(3-1)23-30-31-24(34-23)29-21-7-6-19-20(28-21)13-18(15-25-19)27-17-5-8-22(26-14-17)32-9-11-33-12-10-32;/h5-8,13-16,27H,1-4,9-12H2,(H,28,29,31);1H. The van der Waals surface area contributed by atoms with Crippen molar-refractivity contribution in [2.75, 3.05) is 41.8 Å². The summed E-state index contributed by atoms with van der Waals surface area (Å²) in [6.45, 7) is 3.23. The molecule has 1 saturated carbocycles. The number of nitrogens with one attached hydrogen (secondary N) is 2. The molecule has 0 bridgehead atoms. The topological polar surface area (TPSA) is 101 Å². The fraction of sp³-hybridized carbons (Fsp3) is 0.375. The minimum atomic E-state index is 0. The maximum atomic E-state index is 5.42. The lowest BCUT2D eigenvalue weighted by Gasteiger charge is -2.27. The highest BCUT2D eigenvalue weighted by Crippen LogP contribution is 2.37. The van der Waals surface area contributed by atoms with Gasteiger partial charge < -0.3 is 20.3 Å². The van der Waals surface area contributed by atoms with E-state index in [0.717, 1.165) is 70.5 Å². The van der Waals surface area contributed by atoms with Gasteiger partial charge in [-0.15, -0.1) is 22.6 Å². The first kappa shape index (κ1) is 23.7. The maximum Gasteiger partial charge on any atom is 0.211 e. The van der Waals surface area contributed by atoms with E-state index in [1.54, 1.807) is 11.3 Å². The normalized spacial score (nSPS) is 16.3. The van der Waals surface area contributed by atoms with E-state index in [4.69, 9.17) is 9.72 Å². The summed E-state index contributed by atoms with van der Waals surface area (Å²) in [5.41, 5.74) is 3.40. The quantitative estimate of drug-likeness (QED) is 0.358. The summed E-state index contributed by atoms with van der Waals surface area (Å²) >= 11 is 1.63. The highest BCUT2D eigenvalue weighted by atomic mass is 35.5. The van der Waals surface area contributed by atoms with Gasteiger partial charge in [0.1, 0.15) is 16.6 Å². The van der Waals surface area contributed by atoms with Gasteiger partial charge in [-0.1, -0.05) is 24.2 Å². The lowest BCUT2D eigenvalue weighted by Crippen LogP contribution is -2.36. The Hall–Kier alpha value is -3.08. The van der Waals surface area contributed by atoms with Gasteiger partial charge in [0.15, 0.2) is 0 Å². The molecule has 1 aliphatic carbocycles. The smallest absolute Gasteiger partial charge is 0.211 e. The van der Waals surface area contributed by atoms with Crippen molar-refractivity contribution in [3.63, 3.8) is 0 Å². The van der Waals surface area contributed by atoms with Crippen molar-refractivity contribution in [3.8, 4) is 0 Å². The average Bonchev–Trinajstić information content (AvgIpc) is 3.57. The second-order valence-corrected chi connectivity index (χ2v) is 9.65. The molecule has 0 unspecified atom stereocenters. The summed E-state index contributed by atoms with van der Waals surface area (Å²) in [4.78, 5) is 16.1. The molecule has 1 saturated heterocycles. The molecule has 182 valence electrons. The largest absolute Gasteiger partial charge is 0.378 e. The molecule has 0 amide bonds. The molecule has 11 heteroatoms. The fourth-order valence-corrected chi connectivity index (χ4v) is 5.40. The van der Waals surface area contributed by atoms with Crippen LogP contribution in [0.1, 0.15) is 36.6 Å². The number of hydrogen-bond acceptors (Lipinski definition) is 10. The summed E-state index contributed by atoms with van der Waals surface area (Å²) in [5.74, 6) is 2.26. The molecule has 2 aliphatic rings. The third kappa shape index (κ3) is 5.44. The van der Waals surface area contributed by atoms with Crippen LogP contribution in [0.15, 0.2) is 42.7 Å². The van der Waals surface area contributed by atoms with Gasteiger partial charge in [0.05, 0.1) is 48.0 Å². The molecule has 6 rings (SSSR count). The van der Waals surface area contributed by atoms with Crippen molar-refractivity contribution in [1.82, 2.24) is 25.1 Å². The first-order valence-corrected chi connectivity index (χ1v) is 12.5. The molecule has 5 heterocycles. The number of anilines is 5. The van der Waals surface area contributed by atoms with Crippen LogP contribution in [0.2, 0.25) is 0 Å². The molecule has 4 aromatic heterocycles. The molecular weight excluding hydrogens is 484 g/mol. The number of aromatic nitrogens is 5. The molecule has 35 heavy (non-hydrogen) atoms. The van der Waals surface area contributed by atoms with Crippen LogP contribution in [-0.2, 0) is 4.74 Å². The lowest BCUT2D eigenvalue weighted by atomic mass is 10.1. The van der Waals surface area contributed by atoms with Gasteiger partial charge in [0.2, 0.25) is 5.13 Å². The van der Waals surface area contributed by atoms with E-state index >= 15 is 0 Å². The first-order valence-electron chi connectivity index (χ1n) is 11.7. The van der Waals surface area contributed by atoms with E-state index in [2.05, 4.69) is 35.7 Å². The molecule has 0 aromatic carbocycles. The highest BCUT2D eigenvalue weighted by Gasteiger charge is 2.21. The van der Waals surface area contributed by atoms with Crippen molar-refractivity contribution in [2.45, 2.75) is 31.6 Å². The Labute approximate surface area is 213 Å². The van der Waals surface area contributed by atoms with Gasteiger partial charge in [-0.05, 0) is 43.2 Å². The fourth-order valence-electron chi connectivity index (χ4n) is 4.48. The zero-order chi connectivity index (χ0) is 22.7. The summed E-state index contributed by atoms with van der Waals surface area (Å²) < 4.78 is 5.42. The molecule has 0 spiro atoms. The number of fused-ring (bicyclic) bond motifs is 1. The molecular formula is C24H27ClN8OS. The van der Waals surface area contributed by atoms with Crippen LogP contribution in [0.5, 0.6) is 0 Å². The predicted molar refractivity (Wildman–Crippen MR) is 142 cm³/mol. The average molecular weight is 511 g/mol. The van der Waals surface area contributed by atoms with Crippen molar-refractivity contribution >= 4 is 62.9 Å². The Bertz CT molecular complexity index is 1270. The Morgan fingerprint density at radius 2 is 1.71 bits per heavy atom. The monoisotopic (exact) mass is 510 g/mol. The predicted octanol–water partition coefficient (Wildman–Crippen LogP) is 5.28. The molecule has 2 fully saturated rings. The Balaban J connectivity index is 0.00000253. The van der Waals surface area contributed by atoms with E-state index in [0.29, 0.717) is 5.92 Å². The maximum absolute atomic E-state index is 5.42. The van der Waals surface area contributed by atoms with E-state index < -0.39 is 0 Å². The van der Waals surface area contributed by atoms with E-state index in [-0.39, 0.29) is 12.4 Å². The lowest BCUT2D eigenvalue weighted by molar-refractivity contribution is 0.122. The van der Waals surface area contributed by atoms with E-state index in [1.165, 1.54) is 25.7 Å². The first-order chi connectivity index (χ1) is 16.8. The van der Waals surface area contributed by atoms with Crippen molar-refractivity contribution in [3.05, 3.63) is 47.7 Å². The Kier molecular flexibility index (Phi) is 7.21. The summed E-state index contributed by atoms with van der Waals surface area (Å²) in [6.07, 6.45) is 8.67. The van der Waals surface area contributed by atoms with Crippen molar-refractivity contribution in [2.24, 2.45) is 0 Å². The van der Waals surface area contributed by atoms with E-state index in [1.807, 2.05) is 42.7 Å².